The highest BCUT2D eigenvalue weighted by Gasteiger charge is 2.33. The van der Waals surface area contributed by atoms with Gasteiger partial charge in [0.15, 0.2) is 0 Å². The Bertz CT molecular complexity index is 1140. The quantitative estimate of drug-likeness (QED) is 0.503. The Hall–Kier alpha value is -2.36. The van der Waals surface area contributed by atoms with Crippen LogP contribution in [0.3, 0.4) is 0 Å². The lowest BCUT2D eigenvalue weighted by Crippen LogP contribution is -2.45. The summed E-state index contributed by atoms with van der Waals surface area (Å²) >= 11 is 0. The second-order valence-corrected chi connectivity index (χ2v) is 11.2. The van der Waals surface area contributed by atoms with Gasteiger partial charge in [-0.15, -0.1) is 0 Å². The van der Waals surface area contributed by atoms with Gasteiger partial charge in [-0.2, -0.15) is 4.31 Å². The molecule has 34 heavy (non-hydrogen) atoms. The molecule has 0 saturated carbocycles. The first-order chi connectivity index (χ1) is 16.0. The number of sulfonamides is 1. The molecule has 0 fully saturated rings. The predicted molar refractivity (Wildman–Crippen MR) is 132 cm³/mol. The van der Waals surface area contributed by atoms with E-state index in [1.54, 1.807) is 27.0 Å². The van der Waals surface area contributed by atoms with E-state index >= 15 is 0 Å². The molecule has 1 aliphatic heterocycles. The van der Waals surface area contributed by atoms with Crippen molar-refractivity contribution in [2.45, 2.75) is 52.1 Å². The molecule has 0 bridgehead atoms. The summed E-state index contributed by atoms with van der Waals surface area (Å²) in [5.74, 6) is 0.867. The van der Waals surface area contributed by atoms with Gasteiger partial charge in [0.25, 0.3) is 0 Å². The zero-order chi connectivity index (χ0) is 25.2. The number of amides is 1. The molecule has 1 aromatic carbocycles. The van der Waals surface area contributed by atoms with Gasteiger partial charge in [0.2, 0.25) is 15.9 Å². The molecule has 2 heterocycles. The molecule has 0 aliphatic carbocycles. The normalized spacial score (nSPS) is 16.3. The summed E-state index contributed by atoms with van der Waals surface area (Å²) < 4.78 is 41.0. The van der Waals surface area contributed by atoms with Crippen molar-refractivity contribution >= 4 is 15.9 Å². The number of benzene rings is 1. The van der Waals surface area contributed by atoms with Gasteiger partial charge >= 0.3 is 0 Å². The lowest BCUT2D eigenvalue weighted by atomic mass is 9.97. The fourth-order valence-corrected chi connectivity index (χ4v) is 6.37. The lowest BCUT2D eigenvalue weighted by Gasteiger charge is -2.39. The summed E-state index contributed by atoms with van der Waals surface area (Å²) in [4.78, 5) is 15.1. The highest BCUT2D eigenvalue weighted by Crippen LogP contribution is 2.33. The smallest absolute Gasteiger partial charge is 0.249 e. The van der Waals surface area contributed by atoms with Gasteiger partial charge in [0.1, 0.15) is 12.4 Å². The van der Waals surface area contributed by atoms with Gasteiger partial charge < -0.3 is 18.9 Å². The van der Waals surface area contributed by atoms with Crippen molar-refractivity contribution in [3.8, 4) is 5.75 Å². The summed E-state index contributed by atoms with van der Waals surface area (Å²) in [6.07, 6.45) is 2.05. The van der Waals surface area contributed by atoms with Gasteiger partial charge in [-0.3, -0.25) is 4.79 Å². The van der Waals surface area contributed by atoms with E-state index in [9.17, 15) is 13.2 Å². The van der Waals surface area contributed by atoms with Crippen molar-refractivity contribution in [1.29, 1.82) is 0 Å². The molecule has 0 N–H and O–H groups in total. The molecule has 1 aliphatic rings. The summed E-state index contributed by atoms with van der Waals surface area (Å²) in [6, 6.07) is 5.83. The van der Waals surface area contributed by atoms with Gasteiger partial charge in [0.05, 0.1) is 24.7 Å². The maximum absolute atomic E-state index is 13.3. The molecule has 3 rings (SSSR count). The van der Waals surface area contributed by atoms with Crippen molar-refractivity contribution in [1.82, 2.24) is 13.8 Å². The minimum Gasteiger partial charge on any atom is -0.496 e. The number of carbonyl (C=O) groups is 1. The van der Waals surface area contributed by atoms with E-state index in [2.05, 4.69) is 24.5 Å². The van der Waals surface area contributed by atoms with Crippen LogP contribution in [0.5, 0.6) is 5.75 Å². The zero-order valence-electron chi connectivity index (χ0n) is 21.3. The number of aryl methyl sites for hydroxylation is 1. The Balaban J connectivity index is 1.61. The fraction of sp³-hybridized carbons (Fsp3) is 0.560. The maximum Gasteiger partial charge on any atom is 0.249 e. The Morgan fingerprint density at radius 2 is 1.91 bits per heavy atom. The average molecular weight is 492 g/mol. The standard InChI is InChI=1S/C25H37N3O5S/c1-17(2)24-21-9-8-10-27(21)11-12-28(24)23(29)16-33-14-13-26(6)34(30,31)25-18(3)15-22(32-7)19(4)20(25)5/h8-10,15,17,24H,11-14,16H2,1-7H3. The topological polar surface area (TPSA) is 81.1 Å². The molecule has 2 aromatic rings. The van der Waals surface area contributed by atoms with E-state index < -0.39 is 10.0 Å². The highest BCUT2D eigenvalue weighted by atomic mass is 32.2. The molecule has 188 valence electrons. The summed E-state index contributed by atoms with van der Waals surface area (Å²) in [6.45, 7) is 11.2. The van der Waals surface area contributed by atoms with Gasteiger partial charge in [-0.05, 0) is 61.6 Å². The average Bonchev–Trinajstić information content (AvgIpc) is 3.26. The molecule has 1 aromatic heterocycles. The van der Waals surface area contributed by atoms with Crippen molar-refractivity contribution in [3.05, 3.63) is 46.8 Å². The van der Waals surface area contributed by atoms with E-state index in [0.717, 1.165) is 17.8 Å². The number of rotatable bonds is 9. The van der Waals surface area contributed by atoms with E-state index in [1.807, 2.05) is 24.1 Å². The number of hydrogen-bond donors (Lipinski definition) is 0. The first-order valence-electron chi connectivity index (χ1n) is 11.6. The second kappa shape index (κ2) is 10.5. The first-order valence-corrected chi connectivity index (χ1v) is 13.1. The molecule has 0 saturated heterocycles. The number of ether oxygens (including phenoxy) is 2. The number of aromatic nitrogens is 1. The minimum atomic E-state index is -3.72. The summed E-state index contributed by atoms with van der Waals surface area (Å²) in [5, 5.41) is 0. The summed E-state index contributed by atoms with van der Waals surface area (Å²) in [7, 11) is -0.608. The molecule has 0 radical (unpaired) electrons. The van der Waals surface area contributed by atoms with E-state index in [0.29, 0.717) is 28.3 Å². The Morgan fingerprint density at radius 1 is 1.21 bits per heavy atom. The van der Waals surface area contributed by atoms with E-state index in [4.69, 9.17) is 9.47 Å². The Morgan fingerprint density at radius 3 is 2.56 bits per heavy atom. The molecule has 0 spiro atoms. The van der Waals surface area contributed by atoms with E-state index in [-0.39, 0.29) is 37.6 Å². The third-order valence-electron chi connectivity index (χ3n) is 6.68. The van der Waals surface area contributed by atoms with Crippen LogP contribution < -0.4 is 4.74 Å². The maximum atomic E-state index is 13.3. The molecule has 1 amide bonds. The first kappa shape index (κ1) is 26.2. The van der Waals surface area contributed by atoms with Crippen LogP contribution in [0.15, 0.2) is 29.3 Å². The van der Waals surface area contributed by atoms with Gasteiger partial charge in [0, 0.05) is 38.6 Å². The van der Waals surface area contributed by atoms with Crippen LogP contribution in [-0.4, -0.2) is 68.6 Å². The molecule has 8 nitrogen and oxygen atoms in total. The third kappa shape index (κ3) is 5.01. The molecular weight excluding hydrogens is 454 g/mol. The van der Waals surface area contributed by atoms with Crippen LogP contribution in [0.4, 0.5) is 0 Å². The second-order valence-electron chi connectivity index (χ2n) is 9.26. The molecule has 9 heteroatoms. The molecule has 1 unspecified atom stereocenters. The predicted octanol–water partition coefficient (Wildman–Crippen LogP) is 3.30. The van der Waals surface area contributed by atoms with Crippen LogP contribution in [0, 0.1) is 26.7 Å². The van der Waals surface area contributed by atoms with Gasteiger partial charge in [-0.25, -0.2) is 8.42 Å². The fourth-order valence-electron chi connectivity index (χ4n) is 4.74. The van der Waals surface area contributed by atoms with Crippen molar-refractivity contribution in [2.24, 2.45) is 5.92 Å². The number of fused-ring (bicyclic) bond motifs is 1. The van der Waals surface area contributed by atoms with E-state index in [1.165, 1.54) is 11.4 Å². The van der Waals surface area contributed by atoms with Crippen molar-refractivity contribution in [2.75, 3.05) is 40.5 Å². The number of likely N-dealkylation sites (N-methyl/N-ethyl adjacent to an activating group) is 1. The van der Waals surface area contributed by atoms with Crippen molar-refractivity contribution < 1.29 is 22.7 Å². The number of hydrogen-bond acceptors (Lipinski definition) is 5. The van der Waals surface area contributed by atoms with Crippen LogP contribution in [-0.2, 0) is 26.1 Å². The Labute approximate surface area is 203 Å². The monoisotopic (exact) mass is 491 g/mol. The van der Waals surface area contributed by atoms with Crippen LogP contribution in [0.1, 0.15) is 42.3 Å². The summed E-state index contributed by atoms with van der Waals surface area (Å²) in [5.41, 5.74) is 3.25. The number of methoxy groups -OCH3 is 1. The van der Waals surface area contributed by atoms with Crippen LogP contribution in [0.25, 0.3) is 0 Å². The Kier molecular flexibility index (Phi) is 8.10. The third-order valence-corrected chi connectivity index (χ3v) is 8.83. The number of carbonyl (C=O) groups excluding carboxylic acids is 1. The van der Waals surface area contributed by atoms with Gasteiger partial charge in [-0.1, -0.05) is 13.8 Å². The largest absolute Gasteiger partial charge is 0.496 e. The number of nitrogens with zero attached hydrogens (tertiary/aromatic N) is 3. The zero-order valence-corrected chi connectivity index (χ0v) is 22.1. The van der Waals surface area contributed by atoms with Crippen LogP contribution >= 0.6 is 0 Å². The minimum absolute atomic E-state index is 0.00663. The molecule has 1 atom stereocenters. The lowest BCUT2D eigenvalue weighted by molar-refractivity contribution is -0.141. The molecular formula is C25H37N3O5S. The SMILES string of the molecule is COc1cc(C)c(S(=O)(=O)N(C)CCOCC(=O)N2CCn3cccc3C2C(C)C)c(C)c1C. The van der Waals surface area contributed by atoms with Crippen molar-refractivity contribution in [3.63, 3.8) is 0 Å². The highest BCUT2D eigenvalue weighted by molar-refractivity contribution is 7.89. The van der Waals surface area contributed by atoms with Crippen LogP contribution in [0.2, 0.25) is 0 Å².